The summed E-state index contributed by atoms with van der Waals surface area (Å²) in [7, 11) is 0. The topological polar surface area (TPSA) is 114 Å². The third kappa shape index (κ3) is 4.02. The monoisotopic (exact) mass is 519 g/mol. The predicted octanol–water partition coefficient (Wildman–Crippen LogP) is 6.05. The van der Waals surface area contributed by atoms with Crippen LogP contribution in [0.25, 0.3) is 16.0 Å². The van der Waals surface area contributed by atoms with Gasteiger partial charge in [-0.1, -0.05) is 48.1 Å². The Bertz CT molecular complexity index is 1580. The molecule has 1 N–H and O–H groups in total. The van der Waals surface area contributed by atoms with Crippen LogP contribution in [-0.4, -0.2) is 26.7 Å². The Hall–Kier alpha value is -4.08. The van der Waals surface area contributed by atoms with Crippen LogP contribution in [0.3, 0.4) is 0 Å². The number of nitrogens with zero attached hydrogens (tertiary/aromatic N) is 3. The molecular formula is C26H18ClN3O5S. The highest BCUT2D eigenvalue weighted by atomic mass is 35.5. The highest BCUT2D eigenvalue weighted by Gasteiger charge is 2.48. The van der Waals surface area contributed by atoms with E-state index in [0.29, 0.717) is 16.1 Å². The van der Waals surface area contributed by atoms with Crippen molar-refractivity contribution in [3.8, 4) is 0 Å². The van der Waals surface area contributed by atoms with E-state index in [0.717, 1.165) is 16.7 Å². The SMILES string of the molecule is CCc1ccc2nc(N3C(=O)C(=O)C(=C(O)c4ccc(Cl)cc4)[C@H]3c3cccc([N+](=O)[O-])c3)sc2c1. The van der Waals surface area contributed by atoms with Gasteiger partial charge in [-0.2, -0.15) is 0 Å². The second kappa shape index (κ2) is 9.18. The first-order valence-electron chi connectivity index (χ1n) is 11.0. The van der Waals surface area contributed by atoms with E-state index in [9.17, 15) is 24.8 Å². The van der Waals surface area contributed by atoms with Crippen LogP contribution in [0.2, 0.25) is 5.02 Å². The lowest BCUT2D eigenvalue weighted by Crippen LogP contribution is -2.29. The van der Waals surface area contributed by atoms with Gasteiger partial charge in [0, 0.05) is 22.7 Å². The Morgan fingerprint density at radius 2 is 1.89 bits per heavy atom. The summed E-state index contributed by atoms with van der Waals surface area (Å²) in [5.41, 5.74) is 1.94. The molecule has 8 nitrogen and oxygen atoms in total. The van der Waals surface area contributed by atoms with Crippen LogP contribution in [-0.2, 0) is 16.0 Å². The lowest BCUT2D eigenvalue weighted by molar-refractivity contribution is -0.384. The molecule has 1 aliphatic heterocycles. The molecule has 3 aromatic carbocycles. The Morgan fingerprint density at radius 1 is 1.14 bits per heavy atom. The van der Waals surface area contributed by atoms with E-state index in [4.69, 9.17) is 11.6 Å². The molecule has 4 aromatic rings. The minimum atomic E-state index is -1.12. The number of nitro benzene ring substituents is 1. The number of aryl methyl sites for hydroxylation is 1. The molecule has 0 spiro atoms. The van der Waals surface area contributed by atoms with Gasteiger partial charge in [0.2, 0.25) is 0 Å². The largest absolute Gasteiger partial charge is 0.507 e. The Balaban J connectivity index is 1.74. The molecule has 2 heterocycles. The van der Waals surface area contributed by atoms with Gasteiger partial charge in [0.15, 0.2) is 5.13 Å². The molecule has 1 saturated heterocycles. The number of aromatic nitrogens is 1. The number of rotatable bonds is 5. The van der Waals surface area contributed by atoms with Gasteiger partial charge in [0.1, 0.15) is 5.76 Å². The molecule has 0 bridgehead atoms. The van der Waals surface area contributed by atoms with E-state index in [2.05, 4.69) is 4.98 Å². The summed E-state index contributed by atoms with van der Waals surface area (Å²) in [6.07, 6.45) is 0.822. The smallest absolute Gasteiger partial charge is 0.301 e. The summed E-state index contributed by atoms with van der Waals surface area (Å²) in [6.45, 7) is 2.03. The number of ketones is 1. The van der Waals surface area contributed by atoms with Gasteiger partial charge in [-0.05, 0) is 53.9 Å². The average molecular weight is 520 g/mol. The molecule has 1 amide bonds. The van der Waals surface area contributed by atoms with Crippen molar-refractivity contribution in [3.63, 3.8) is 0 Å². The zero-order valence-electron chi connectivity index (χ0n) is 18.8. The molecular weight excluding hydrogens is 502 g/mol. The molecule has 10 heteroatoms. The molecule has 0 radical (unpaired) electrons. The maximum Gasteiger partial charge on any atom is 0.301 e. The van der Waals surface area contributed by atoms with Crippen LogP contribution in [0.15, 0.2) is 72.3 Å². The predicted molar refractivity (Wildman–Crippen MR) is 138 cm³/mol. The normalized spacial score (nSPS) is 17.2. The van der Waals surface area contributed by atoms with Crippen LogP contribution in [0.5, 0.6) is 0 Å². The second-order valence-electron chi connectivity index (χ2n) is 8.18. The summed E-state index contributed by atoms with van der Waals surface area (Å²) < 4.78 is 0.835. The maximum absolute atomic E-state index is 13.4. The molecule has 5 rings (SSSR count). The number of Topliss-reactive ketones (excluding diaryl/α,β-unsaturated/α-hetero) is 1. The number of fused-ring (bicyclic) bond motifs is 1. The number of non-ortho nitro benzene ring substituents is 1. The molecule has 1 aromatic heterocycles. The first-order valence-corrected chi connectivity index (χ1v) is 12.2. The number of hydrogen-bond acceptors (Lipinski definition) is 7. The van der Waals surface area contributed by atoms with Crippen LogP contribution >= 0.6 is 22.9 Å². The molecule has 180 valence electrons. The van der Waals surface area contributed by atoms with E-state index >= 15 is 0 Å². The van der Waals surface area contributed by atoms with Crippen molar-refractivity contribution >= 4 is 61.4 Å². The molecule has 0 aliphatic carbocycles. The van der Waals surface area contributed by atoms with Gasteiger partial charge in [0.05, 0.1) is 26.8 Å². The molecule has 1 fully saturated rings. The van der Waals surface area contributed by atoms with Gasteiger partial charge in [0.25, 0.3) is 11.5 Å². The number of anilines is 1. The zero-order valence-corrected chi connectivity index (χ0v) is 20.4. The van der Waals surface area contributed by atoms with Crippen molar-refractivity contribution in [2.45, 2.75) is 19.4 Å². The fourth-order valence-corrected chi connectivity index (χ4v) is 5.38. The molecule has 0 saturated carbocycles. The highest BCUT2D eigenvalue weighted by molar-refractivity contribution is 7.22. The fraction of sp³-hybridized carbons (Fsp3) is 0.115. The molecule has 1 aliphatic rings. The third-order valence-electron chi connectivity index (χ3n) is 6.01. The summed E-state index contributed by atoms with van der Waals surface area (Å²) in [5, 5.41) is 23.3. The Labute approximate surface area is 214 Å². The van der Waals surface area contributed by atoms with E-state index in [1.54, 1.807) is 18.2 Å². The Morgan fingerprint density at radius 3 is 2.58 bits per heavy atom. The summed E-state index contributed by atoms with van der Waals surface area (Å²) in [5.74, 6) is -2.19. The standard InChI is InChI=1S/C26H18ClN3O5S/c1-2-14-6-11-19-20(12-14)36-26(28-19)29-22(16-4-3-5-18(13-16)30(34)35)21(24(32)25(29)33)23(31)15-7-9-17(27)10-8-15/h3-13,22,31H,2H2,1H3/t22-/m1/s1. The number of nitro groups is 1. The number of aliphatic hydroxyl groups excluding tert-OH is 1. The number of benzene rings is 3. The van der Waals surface area contributed by atoms with Crippen LogP contribution in [0.1, 0.15) is 29.7 Å². The van der Waals surface area contributed by atoms with Crippen molar-refractivity contribution in [2.24, 2.45) is 0 Å². The zero-order chi connectivity index (χ0) is 25.6. The minimum absolute atomic E-state index is 0.184. The van der Waals surface area contributed by atoms with Gasteiger partial charge >= 0.3 is 5.91 Å². The number of aliphatic hydroxyl groups is 1. The van der Waals surface area contributed by atoms with Gasteiger partial charge in [-0.3, -0.25) is 24.6 Å². The Kier molecular flexibility index (Phi) is 6.03. The number of carbonyl (C=O) groups is 2. The van der Waals surface area contributed by atoms with Crippen molar-refractivity contribution in [2.75, 3.05) is 4.90 Å². The fourth-order valence-electron chi connectivity index (χ4n) is 4.20. The number of halogens is 1. The molecule has 36 heavy (non-hydrogen) atoms. The van der Waals surface area contributed by atoms with Gasteiger partial charge in [-0.15, -0.1) is 0 Å². The third-order valence-corrected chi connectivity index (χ3v) is 7.28. The molecule has 1 atom stereocenters. The number of carbonyl (C=O) groups excluding carboxylic acids is 2. The average Bonchev–Trinajstić information content (AvgIpc) is 3.41. The second-order valence-corrected chi connectivity index (χ2v) is 9.63. The van der Waals surface area contributed by atoms with Crippen molar-refractivity contribution in [3.05, 3.63) is 104 Å². The van der Waals surface area contributed by atoms with E-state index in [-0.39, 0.29) is 22.0 Å². The maximum atomic E-state index is 13.4. The summed E-state index contributed by atoms with van der Waals surface area (Å²) in [6, 6.07) is 16.5. The van der Waals surface area contributed by atoms with Crippen molar-refractivity contribution < 1.29 is 19.6 Å². The summed E-state index contributed by atoms with van der Waals surface area (Å²) in [4.78, 5) is 43.3. The number of hydrogen-bond donors (Lipinski definition) is 1. The van der Waals surface area contributed by atoms with E-state index in [1.165, 1.54) is 46.6 Å². The van der Waals surface area contributed by atoms with Gasteiger partial charge in [-0.25, -0.2) is 4.98 Å². The van der Waals surface area contributed by atoms with Crippen molar-refractivity contribution in [1.82, 2.24) is 4.98 Å². The van der Waals surface area contributed by atoms with E-state index < -0.39 is 28.4 Å². The minimum Gasteiger partial charge on any atom is -0.507 e. The number of amides is 1. The lowest BCUT2D eigenvalue weighted by Gasteiger charge is -2.22. The van der Waals surface area contributed by atoms with E-state index in [1.807, 2.05) is 25.1 Å². The van der Waals surface area contributed by atoms with Crippen LogP contribution in [0, 0.1) is 10.1 Å². The first-order chi connectivity index (χ1) is 17.3. The highest BCUT2D eigenvalue weighted by Crippen LogP contribution is 2.45. The van der Waals surface area contributed by atoms with Crippen LogP contribution in [0.4, 0.5) is 10.8 Å². The lowest BCUT2D eigenvalue weighted by atomic mass is 9.95. The van der Waals surface area contributed by atoms with Crippen LogP contribution < -0.4 is 4.90 Å². The number of thiazole rings is 1. The molecule has 0 unspecified atom stereocenters. The first kappa shape index (κ1) is 23.7. The van der Waals surface area contributed by atoms with Crippen molar-refractivity contribution in [1.29, 1.82) is 0 Å². The van der Waals surface area contributed by atoms with Gasteiger partial charge < -0.3 is 5.11 Å². The quantitative estimate of drug-likeness (QED) is 0.113. The summed E-state index contributed by atoms with van der Waals surface area (Å²) >= 11 is 7.20.